The average Bonchev–Trinajstić information content (AvgIpc) is 2.89. The van der Waals surface area contributed by atoms with E-state index in [0.717, 1.165) is 6.42 Å². The lowest BCUT2D eigenvalue weighted by atomic mass is 9.99. The number of hydrogen-bond acceptors (Lipinski definition) is 5. The molecule has 1 aromatic carbocycles. The summed E-state index contributed by atoms with van der Waals surface area (Å²) in [6.45, 7) is 2.80. The number of benzene rings is 1. The summed E-state index contributed by atoms with van der Waals surface area (Å²) in [6.07, 6.45) is -0.188. The number of rotatable bonds is 7. The van der Waals surface area contributed by atoms with Gasteiger partial charge in [-0.25, -0.2) is 0 Å². The molecule has 0 bridgehead atoms. The van der Waals surface area contributed by atoms with Crippen molar-refractivity contribution in [2.45, 2.75) is 31.9 Å². The second kappa shape index (κ2) is 6.58. The molecule has 0 radical (unpaired) electrons. The van der Waals surface area contributed by atoms with Crippen molar-refractivity contribution in [1.29, 1.82) is 0 Å². The van der Waals surface area contributed by atoms with Crippen molar-refractivity contribution in [2.24, 2.45) is 0 Å². The highest BCUT2D eigenvalue weighted by atomic mass is 16.7. The van der Waals surface area contributed by atoms with Crippen LogP contribution in [-0.4, -0.2) is 35.6 Å². The number of aliphatic carboxylic acids is 1. The topological polar surface area (TPSA) is 88.0 Å². The molecule has 1 heterocycles. The fourth-order valence-electron chi connectivity index (χ4n) is 2.14. The summed E-state index contributed by atoms with van der Waals surface area (Å²) in [5.41, 5.74) is 0.615. The van der Waals surface area contributed by atoms with Crippen LogP contribution in [0.15, 0.2) is 18.2 Å². The largest absolute Gasteiger partial charge is 0.481 e. The smallest absolute Gasteiger partial charge is 0.305 e. The molecule has 2 rings (SSSR count). The van der Waals surface area contributed by atoms with Crippen LogP contribution in [0.2, 0.25) is 0 Å². The molecule has 6 nitrogen and oxygen atoms in total. The maximum atomic E-state index is 10.9. The Hall–Kier alpha value is -1.79. The van der Waals surface area contributed by atoms with Gasteiger partial charge in [0.15, 0.2) is 11.5 Å². The van der Waals surface area contributed by atoms with Gasteiger partial charge in [-0.15, -0.1) is 0 Å². The van der Waals surface area contributed by atoms with Crippen LogP contribution in [0.4, 0.5) is 0 Å². The van der Waals surface area contributed by atoms with Gasteiger partial charge in [0.2, 0.25) is 6.79 Å². The van der Waals surface area contributed by atoms with Crippen molar-refractivity contribution in [2.75, 3.05) is 13.3 Å². The van der Waals surface area contributed by atoms with E-state index in [1.54, 1.807) is 18.2 Å². The first kappa shape index (κ1) is 14.6. The number of hydrogen-bond donors (Lipinski definition) is 3. The molecule has 1 aromatic rings. The van der Waals surface area contributed by atoms with Crippen LogP contribution in [0.25, 0.3) is 0 Å². The number of carboxylic acids is 1. The monoisotopic (exact) mass is 281 g/mol. The Labute approximate surface area is 117 Å². The van der Waals surface area contributed by atoms with Crippen molar-refractivity contribution < 1.29 is 24.5 Å². The van der Waals surface area contributed by atoms with E-state index in [0.29, 0.717) is 23.6 Å². The van der Waals surface area contributed by atoms with Crippen LogP contribution in [0.3, 0.4) is 0 Å². The van der Waals surface area contributed by atoms with Crippen molar-refractivity contribution in [3.63, 3.8) is 0 Å². The van der Waals surface area contributed by atoms with Crippen molar-refractivity contribution in [3.8, 4) is 11.5 Å². The summed E-state index contributed by atoms with van der Waals surface area (Å²) in [6, 6.07) is 4.60. The fraction of sp³-hybridized carbons (Fsp3) is 0.500. The van der Waals surface area contributed by atoms with Crippen LogP contribution in [-0.2, 0) is 4.79 Å². The number of aliphatic hydroxyl groups excluding tert-OH is 1. The Balaban J connectivity index is 2.13. The summed E-state index contributed by atoms with van der Waals surface area (Å²) in [5.74, 6) is 0.266. The molecule has 1 aliphatic heterocycles. The minimum absolute atomic E-state index is 0.143. The van der Waals surface area contributed by atoms with Gasteiger partial charge in [-0.1, -0.05) is 13.0 Å². The number of carbonyl (C=O) groups is 1. The van der Waals surface area contributed by atoms with Crippen molar-refractivity contribution in [1.82, 2.24) is 5.32 Å². The van der Waals surface area contributed by atoms with Gasteiger partial charge < -0.3 is 25.0 Å². The molecule has 0 aliphatic carbocycles. The molecule has 0 aromatic heterocycles. The lowest BCUT2D eigenvalue weighted by Crippen LogP contribution is -2.37. The van der Waals surface area contributed by atoms with E-state index in [4.69, 9.17) is 14.6 Å². The molecule has 1 aliphatic rings. The van der Waals surface area contributed by atoms with Gasteiger partial charge >= 0.3 is 5.97 Å². The molecule has 2 unspecified atom stereocenters. The molecule has 0 fully saturated rings. The van der Waals surface area contributed by atoms with Crippen LogP contribution >= 0.6 is 0 Å². The Morgan fingerprint density at radius 3 is 2.85 bits per heavy atom. The SMILES string of the molecule is CCCNC(CC(=O)O)C(O)c1ccc2c(c1)OCO2. The molecule has 3 N–H and O–H groups in total. The highest BCUT2D eigenvalue weighted by Crippen LogP contribution is 2.35. The molecule has 0 saturated carbocycles. The Morgan fingerprint density at radius 1 is 1.40 bits per heavy atom. The second-order valence-electron chi connectivity index (χ2n) is 4.72. The molecule has 110 valence electrons. The Bertz CT molecular complexity index is 477. The average molecular weight is 281 g/mol. The summed E-state index contributed by atoms with van der Waals surface area (Å²) in [4.78, 5) is 10.9. The van der Waals surface area contributed by atoms with Crippen LogP contribution in [0.1, 0.15) is 31.4 Å². The van der Waals surface area contributed by atoms with E-state index in [9.17, 15) is 9.90 Å². The maximum Gasteiger partial charge on any atom is 0.305 e. The number of carboxylic acid groups (broad SMARTS) is 1. The van der Waals surface area contributed by atoms with Crippen LogP contribution in [0.5, 0.6) is 11.5 Å². The van der Waals surface area contributed by atoms with Crippen LogP contribution < -0.4 is 14.8 Å². The first-order chi connectivity index (χ1) is 9.61. The number of ether oxygens (including phenoxy) is 2. The zero-order chi connectivity index (χ0) is 14.5. The van der Waals surface area contributed by atoms with Crippen molar-refractivity contribution >= 4 is 5.97 Å². The summed E-state index contributed by atoms with van der Waals surface area (Å²) >= 11 is 0. The number of nitrogens with one attached hydrogen (secondary N) is 1. The first-order valence-corrected chi connectivity index (χ1v) is 6.64. The number of fused-ring (bicyclic) bond motifs is 1. The second-order valence-corrected chi connectivity index (χ2v) is 4.72. The zero-order valence-electron chi connectivity index (χ0n) is 11.3. The normalized spacial score (nSPS) is 15.9. The van der Waals surface area contributed by atoms with Crippen molar-refractivity contribution in [3.05, 3.63) is 23.8 Å². The minimum Gasteiger partial charge on any atom is -0.481 e. The molecule has 0 saturated heterocycles. The highest BCUT2D eigenvalue weighted by Gasteiger charge is 2.25. The molecule has 2 atom stereocenters. The van der Waals surface area contributed by atoms with Gasteiger partial charge in [0, 0.05) is 6.04 Å². The predicted octanol–water partition coefficient (Wildman–Crippen LogP) is 1.29. The molecule has 0 amide bonds. The molecular formula is C14H19NO5. The van der Waals surface area contributed by atoms with Gasteiger partial charge in [-0.2, -0.15) is 0 Å². The maximum absolute atomic E-state index is 10.9. The third-order valence-corrected chi connectivity index (χ3v) is 3.17. The zero-order valence-corrected chi connectivity index (χ0v) is 11.3. The molecule has 20 heavy (non-hydrogen) atoms. The highest BCUT2D eigenvalue weighted by molar-refractivity contribution is 5.67. The Morgan fingerprint density at radius 2 is 2.15 bits per heavy atom. The summed E-state index contributed by atoms with van der Waals surface area (Å²) in [5, 5.41) is 22.4. The quantitative estimate of drug-likeness (QED) is 0.698. The van der Waals surface area contributed by atoms with Gasteiger partial charge in [0.1, 0.15) is 0 Å². The van der Waals surface area contributed by atoms with E-state index in [-0.39, 0.29) is 13.2 Å². The molecule has 0 spiro atoms. The summed E-state index contributed by atoms with van der Waals surface area (Å²) < 4.78 is 10.5. The lowest BCUT2D eigenvalue weighted by molar-refractivity contribution is -0.138. The van der Waals surface area contributed by atoms with Gasteiger partial charge in [0.05, 0.1) is 12.5 Å². The fourth-order valence-corrected chi connectivity index (χ4v) is 2.14. The van der Waals surface area contributed by atoms with E-state index in [2.05, 4.69) is 5.32 Å². The van der Waals surface area contributed by atoms with Gasteiger partial charge in [0.25, 0.3) is 0 Å². The third kappa shape index (κ3) is 3.40. The molecule has 6 heteroatoms. The van der Waals surface area contributed by atoms with E-state index < -0.39 is 18.1 Å². The number of aliphatic hydroxyl groups is 1. The summed E-state index contributed by atoms with van der Waals surface area (Å²) in [7, 11) is 0. The van der Waals surface area contributed by atoms with E-state index >= 15 is 0 Å². The predicted molar refractivity (Wildman–Crippen MR) is 71.9 cm³/mol. The molecular weight excluding hydrogens is 262 g/mol. The van der Waals surface area contributed by atoms with Crippen LogP contribution in [0, 0.1) is 0 Å². The van der Waals surface area contributed by atoms with E-state index in [1.807, 2.05) is 6.92 Å². The van der Waals surface area contributed by atoms with E-state index in [1.165, 1.54) is 0 Å². The standard InChI is InChI=1S/C14H19NO5/c1-2-5-15-10(7-13(16)17)14(18)9-3-4-11-12(6-9)20-8-19-11/h3-4,6,10,14-15,18H,2,5,7-8H2,1H3,(H,16,17). The first-order valence-electron chi connectivity index (χ1n) is 6.64. The van der Waals surface area contributed by atoms with Gasteiger partial charge in [-0.3, -0.25) is 4.79 Å². The third-order valence-electron chi connectivity index (χ3n) is 3.17. The lowest BCUT2D eigenvalue weighted by Gasteiger charge is -2.23. The minimum atomic E-state index is -0.946. The Kier molecular flexibility index (Phi) is 4.81. The van der Waals surface area contributed by atoms with Gasteiger partial charge in [-0.05, 0) is 30.7 Å².